The van der Waals surface area contributed by atoms with Gasteiger partial charge in [0.1, 0.15) is 5.75 Å². The van der Waals surface area contributed by atoms with Crippen molar-refractivity contribution in [2.45, 2.75) is 56.8 Å². The van der Waals surface area contributed by atoms with Crippen LogP contribution < -0.4 is 0 Å². The van der Waals surface area contributed by atoms with Crippen LogP contribution in [0.15, 0.2) is 18.2 Å². The van der Waals surface area contributed by atoms with Gasteiger partial charge in [0.15, 0.2) is 0 Å². The molecule has 4 N–H and O–H groups in total. The number of aliphatic hydroxyl groups is 3. The summed E-state index contributed by atoms with van der Waals surface area (Å²) in [6.45, 7) is 2.02. The molecule has 2 saturated carbocycles. The van der Waals surface area contributed by atoms with Crippen LogP contribution in [0.3, 0.4) is 0 Å². The number of aryl methyl sites for hydroxylation is 1. The molecule has 0 amide bonds. The van der Waals surface area contributed by atoms with Crippen molar-refractivity contribution in [2.75, 3.05) is 0 Å². The molecule has 0 aromatic heterocycles. The van der Waals surface area contributed by atoms with E-state index in [0.29, 0.717) is 12.8 Å². The molecule has 0 saturated heterocycles. The van der Waals surface area contributed by atoms with Crippen LogP contribution in [0.2, 0.25) is 0 Å². The third-order valence-corrected chi connectivity index (χ3v) is 6.66. The first-order valence-electron chi connectivity index (χ1n) is 8.28. The van der Waals surface area contributed by atoms with Crippen molar-refractivity contribution >= 4 is 0 Å². The fourth-order valence-corrected chi connectivity index (χ4v) is 5.64. The van der Waals surface area contributed by atoms with Gasteiger partial charge in [-0.1, -0.05) is 13.0 Å². The predicted octanol–water partition coefficient (Wildman–Crippen LogP) is 1.55. The van der Waals surface area contributed by atoms with E-state index in [1.807, 2.05) is 19.1 Å². The van der Waals surface area contributed by atoms with E-state index >= 15 is 0 Å². The van der Waals surface area contributed by atoms with E-state index in [9.17, 15) is 20.4 Å². The largest absolute Gasteiger partial charge is 0.508 e. The fourth-order valence-electron chi connectivity index (χ4n) is 5.64. The topological polar surface area (TPSA) is 80.9 Å². The zero-order valence-electron chi connectivity index (χ0n) is 12.8. The second-order valence-electron chi connectivity index (χ2n) is 7.74. The van der Waals surface area contributed by atoms with Crippen LogP contribution in [-0.2, 0) is 6.42 Å². The van der Waals surface area contributed by atoms with Crippen LogP contribution in [-0.4, -0.2) is 38.7 Å². The lowest BCUT2D eigenvalue weighted by molar-refractivity contribution is -0.0916. The molecule has 3 aliphatic rings. The minimum absolute atomic E-state index is 0.0555. The summed E-state index contributed by atoms with van der Waals surface area (Å²) in [4.78, 5) is 0. The zero-order chi connectivity index (χ0) is 15.6. The van der Waals surface area contributed by atoms with Gasteiger partial charge in [-0.05, 0) is 60.8 Å². The van der Waals surface area contributed by atoms with E-state index < -0.39 is 23.7 Å². The summed E-state index contributed by atoms with van der Waals surface area (Å²) < 4.78 is 0. The van der Waals surface area contributed by atoms with Gasteiger partial charge in [0.25, 0.3) is 0 Å². The molecule has 4 heteroatoms. The molecule has 2 fully saturated rings. The first-order valence-corrected chi connectivity index (χ1v) is 8.28. The van der Waals surface area contributed by atoms with E-state index in [1.165, 1.54) is 0 Å². The molecule has 0 heterocycles. The zero-order valence-corrected chi connectivity index (χ0v) is 12.8. The third kappa shape index (κ3) is 1.81. The summed E-state index contributed by atoms with van der Waals surface area (Å²) >= 11 is 0. The highest BCUT2D eigenvalue weighted by molar-refractivity contribution is 5.41. The maximum absolute atomic E-state index is 10.8. The minimum atomic E-state index is -0.741. The number of phenols is 1. The Morgan fingerprint density at radius 2 is 1.91 bits per heavy atom. The molecule has 0 unspecified atom stereocenters. The summed E-state index contributed by atoms with van der Waals surface area (Å²) in [5, 5.41) is 41.0. The molecule has 7 atom stereocenters. The smallest absolute Gasteiger partial charge is 0.115 e. The van der Waals surface area contributed by atoms with Crippen LogP contribution in [0.25, 0.3) is 0 Å². The summed E-state index contributed by atoms with van der Waals surface area (Å²) in [5.74, 6) is 0.865. The van der Waals surface area contributed by atoms with E-state index in [0.717, 1.165) is 24.0 Å². The Morgan fingerprint density at radius 3 is 2.68 bits per heavy atom. The van der Waals surface area contributed by atoms with Crippen LogP contribution in [0.5, 0.6) is 5.75 Å². The quantitative estimate of drug-likeness (QED) is 0.586. The SMILES string of the molecule is C[C@]12C[C@H](O)[C@@H]3c4ccc(O)cc4CC[C@H]3[C@@H]1C[C@H](O)[C@@H]2O. The highest BCUT2D eigenvalue weighted by atomic mass is 16.3. The van der Waals surface area contributed by atoms with Gasteiger partial charge in [-0.2, -0.15) is 0 Å². The lowest BCUT2D eigenvalue weighted by atomic mass is 9.54. The molecule has 0 radical (unpaired) electrons. The van der Waals surface area contributed by atoms with Gasteiger partial charge in [0, 0.05) is 11.3 Å². The van der Waals surface area contributed by atoms with Crippen molar-refractivity contribution in [2.24, 2.45) is 17.3 Å². The Balaban J connectivity index is 1.76. The number of rotatable bonds is 0. The van der Waals surface area contributed by atoms with Gasteiger partial charge in [-0.25, -0.2) is 0 Å². The number of phenolic OH excluding ortho intramolecular Hbond substituents is 1. The van der Waals surface area contributed by atoms with Crippen molar-refractivity contribution in [3.8, 4) is 5.75 Å². The molecule has 4 rings (SSSR count). The van der Waals surface area contributed by atoms with Crippen molar-refractivity contribution in [1.29, 1.82) is 0 Å². The Labute approximate surface area is 130 Å². The molecule has 1 aromatic carbocycles. The molecule has 120 valence electrons. The Kier molecular flexibility index (Phi) is 3.09. The van der Waals surface area contributed by atoms with E-state index in [-0.39, 0.29) is 23.5 Å². The normalized spacial score (nSPS) is 46.7. The lowest BCUT2D eigenvalue weighted by Gasteiger charge is -2.52. The second kappa shape index (κ2) is 4.70. The van der Waals surface area contributed by atoms with Crippen LogP contribution >= 0.6 is 0 Å². The Morgan fingerprint density at radius 1 is 1.14 bits per heavy atom. The van der Waals surface area contributed by atoms with E-state index in [1.54, 1.807) is 6.07 Å². The predicted molar refractivity (Wildman–Crippen MR) is 81.5 cm³/mol. The summed E-state index contributed by atoms with van der Waals surface area (Å²) in [6.07, 6.45) is 1.05. The monoisotopic (exact) mass is 304 g/mol. The molecule has 0 spiro atoms. The molecule has 0 aliphatic heterocycles. The third-order valence-electron chi connectivity index (χ3n) is 6.66. The highest BCUT2D eigenvalue weighted by Crippen LogP contribution is 2.60. The summed E-state index contributed by atoms with van der Waals surface area (Å²) in [6, 6.07) is 5.44. The number of aromatic hydroxyl groups is 1. The molecule has 4 nitrogen and oxygen atoms in total. The first-order chi connectivity index (χ1) is 10.4. The van der Waals surface area contributed by atoms with Crippen molar-refractivity contribution in [3.63, 3.8) is 0 Å². The van der Waals surface area contributed by atoms with Gasteiger partial charge < -0.3 is 20.4 Å². The maximum Gasteiger partial charge on any atom is 0.115 e. The average Bonchev–Trinajstić information content (AvgIpc) is 2.70. The molecule has 3 aliphatic carbocycles. The highest BCUT2D eigenvalue weighted by Gasteiger charge is 2.60. The molecular weight excluding hydrogens is 280 g/mol. The number of aliphatic hydroxyl groups excluding tert-OH is 3. The standard InChI is InChI=1S/C18H24O4/c1-18-8-15(21)16-11-5-3-10(19)6-9(11)2-4-12(16)13(18)7-14(20)17(18)22/h3,5-6,12-17,19-22H,2,4,7-8H2,1H3/t12-,13-,14-,15-,16+,17-,18-/m0/s1. The van der Waals surface area contributed by atoms with Gasteiger partial charge in [0.2, 0.25) is 0 Å². The number of hydrogen-bond acceptors (Lipinski definition) is 4. The average molecular weight is 304 g/mol. The molecule has 1 aromatic rings. The van der Waals surface area contributed by atoms with Crippen LogP contribution in [0.1, 0.15) is 43.2 Å². The van der Waals surface area contributed by atoms with E-state index in [4.69, 9.17) is 0 Å². The Hall–Kier alpha value is -1.10. The fraction of sp³-hybridized carbons (Fsp3) is 0.667. The molecule has 0 bridgehead atoms. The van der Waals surface area contributed by atoms with Gasteiger partial charge in [-0.15, -0.1) is 0 Å². The molecular formula is C18H24O4. The maximum atomic E-state index is 10.8. The lowest BCUT2D eigenvalue weighted by Crippen LogP contribution is -2.50. The van der Waals surface area contributed by atoms with Crippen LogP contribution in [0.4, 0.5) is 0 Å². The van der Waals surface area contributed by atoms with Crippen molar-refractivity contribution in [1.82, 2.24) is 0 Å². The number of benzene rings is 1. The van der Waals surface area contributed by atoms with Gasteiger partial charge in [0.05, 0.1) is 18.3 Å². The van der Waals surface area contributed by atoms with Crippen molar-refractivity contribution in [3.05, 3.63) is 29.3 Å². The van der Waals surface area contributed by atoms with Gasteiger partial charge >= 0.3 is 0 Å². The van der Waals surface area contributed by atoms with E-state index in [2.05, 4.69) is 0 Å². The van der Waals surface area contributed by atoms with Gasteiger partial charge in [-0.3, -0.25) is 0 Å². The Bertz CT molecular complexity index is 601. The summed E-state index contributed by atoms with van der Waals surface area (Å²) in [7, 11) is 0. The van der Waals surface area contributed by atoms with Crippen molar-refractivity contribution < 1.29 is 20.4 Å². The molecule has 22 heavy (non-hydrogen) atoms. The minimum Gasteiger partial charge on any atom is -0.508 e. The second-order valence-corrected chi connectivity index (χ2v) is 7.74. The summed E-state index contributed by atoms with van der Waals surface area (Å²) in [5.41, 5.74) is 1.87. The van der Waals surface area contributed by atoms with Crippen LogP contribution in [0, 0.1) is 17.3 Å². The first kappa shape index (κ1) is 14.5. The number of hydrogen-bond donors (Lipinski definition) is 4. The number of fused-ring (bicyclic) bond motifs is 5.